The smallest absolute Gasteiger partial charge is 0.216 e. The Bertz CT molecular complexity index is 477. The SMILES string of the molecule is CC(=O)NCCNCc1ccc(F)cc1C(N)=NO. The number of hydrogen-bond donors (Lipinski definition) is 4. The summed E-state index contributed by atoms with van der Waals surface area (Å²) in [6.45, 7) is 2.92. The van der Waals surface area contributed by atoms with E-state index in [2.05, 4.69) is 15.8 Å². The number of nitrogens with one attached hydrogen (secondary N) is 2. The van der Waals surface area contributed by atoms with Gasteiger partial charge in [0, 0.05) is 32.1 Å². The van der Waals surface area contributed by atoms with Gasteiger partial charge in [0.05, 0.1) is 0 Å². The summed E-state index contributed by atoms with van der Waals surface area (Å²) in [5.74, 6) is -0.692. The number of rotatable bonds is 6. The molecule has 0 aliphatic carbocycles. The summed E-state index contributed by atoms with van der Waals surface area (Å²) >= 11 is 0. The summed E-state index contributed by atoms with van der Waals surface area (Å²) in [5.41, 5.74) is 6.53. The molecule has 0 radical (unpaired) electrons. The van der Waals surface area contributed by atoms with Crippen molar-refractivity contribution < 1.29 is 14.4 Å². The van der Waals surface area contributed by atoms with Crippen molar-refractivity contribution in [3.05, 3.63) is 35.1 Å². The van der Waals surface area contributed by atoms with Crippen LogP contribution in [-0.2, 0) is 11.3 Å². The van der Waals surface area contributed by atoms with Crippen LogP contribution >= 0.6 is 0 Å². The van der Waals surface area contributed by atoms with Crippen molar-refractivity contribution in [1.29, 1.82) is 0 Å². The molecule has 1 rings (SSSR count). The summed E-state index contributed by atoms with van der Waals surface area (Å²) in [6, 6.07) is 4.08. The maximum atomic E-state index is 13.1. The molecule has 0 saturated heterocycles. The van der Waals surface area contributed by atoms with Gasteiger partial charge in [0.2, 0.25) is 5.91 Å². The number of hydrogen-bond acceptors (Lipinski definition) is 4. The molecule has 0 bridgehead atoms. The molecule has 0 aliphatic rings. The number of oxime groups is 1. The molecule has 104 valence electrons. The lowest BCUT2D eigenvalue weighted by molar-refractivity contribution is -0.118. The number of halogens is 1. The van der Waals surface area contributed by atoms with Crippen molar-refractivity contribution in [3.8, 4) is 0 Å². The normalized spacial score (nSPS) is 11.4. The van der Waals surface area contributed by atoms with Crippen LogP contribution in [0.2, 0.25) is 0 Å². The highest BCUT2D eigenvalue weighted by molar-refractivity contribution is 5.98. The number of amidine groups is 1. The predicted octanol–water partition coefficient (Wildman–Crippen LogP) is 0.146. The Labute approximate surface area is 110 Å². The van der Waals surface area contributed by atoms with E-state index in [0.717, 1.165) is 0 Å². The minimum absolute atomic E-state index is 0.0964. The fourth-order valence-corrected chi connectivity index (χ4v) is 1.55. The predicted molar refractivity (Wildman–Crippen MR) is 69.3 cm³/mol. The Morgan fingerprint density at radius 3 is 2.84 bits per heavy atom. The van der Waals surface area contributed by atoms with Gasteiger partial charge in [-0.25, -0.2) is 4.39 Å². The van der Waals surface area contributed by atoms with E-state index in [9.17, 15) is 9.18 Å². The van der Waals surface area contributed by atoms with E-state index in [1.54, 1.807) is 6.07 Å². The zero-order valence-electron chi connectivity index (χ0n) is 10.6. The quantitative estimate of drug-likeness (QED) is 0.194. The van der Waals surface area contributed by atoms with Gasteiger partial charge < -0.3 is 21.6 Å². The first-order chi connectivity index (χ1) is 9.04. The molecule has 5 N–H and O–H groups in total. The van der Waals surface area contributed by atoms with Crippen molar-refractivity contribution in [2.24, 2.45) is 10.9 Å². The topological polar surface area (TPSA) is 99.7 Å². The third-order valence-corrected chi connectivity index (χ3v) is 2.45. The van der Waals surface area contributed by atoms with Crippen LogP contribution in [0.3, 0.4) is 0 Å². The van der Waals surface area contributed by atoms with E-state index in [1.165, 1.54) is 19.1 Å². The van der Waals surface area contributed by atoms with Gasteiger partial charge in [0.25, 0.3) is 0 Å². The van der Waals surface area contributed by atoms with E-state index in [4.69, 9.17) is 10.9 Å². The van der Waals surface area contributed by atoms with Crippen LogP contribution in [-0.4, -0.2) is 30.0 Å². The molecule has 0 saturated carbocycles. The summed E-state index contributed by atoms with van der Waals surface area (Å²) in [4.78, 5) is 10.7. The van der Waals surface area contributed by atoms with E-state index < -0.39 is 5.82 Å². The second-order valence-corrected chi connectivity index (χ2v) is 3.95. The van der Waals surface area contributed by atoms with Gasteiger partial charge in [-0.1, -0.05) is 11.2 Å². The maximum absolute atomic E-state index is 13.1. The largest absolute Gasteiger partial charge is 0.409 e. The molecule has 7 heteroatoms. The van der Waals surface area contributed by atoms with Crippen LogP contribution in [0.25, 0.3) is 0 Å². The van der Waals surface area contributed by atoms with E-state index in [1.807, 2.05) is 0 Å². The molecular formula is C12H17FN4O2. The number of nitrogens with two attached hydrogens (primary N) is 1. The van der Waals surface area contributed by atoms with Crippen LogP contribution in [0.5, 0.6) is 0 Å². The van der Waals surface area contributed by atoms with E-state index in [0.29, 0.717) is 30.8 Å². The van der Waals surface area contributed by atoms with Gasteiger partial charge in [0.15, 0.2) is 5.84 Å². The van der Waals surface area contributed by atoms with Gasteiger partial charge in [-0.15, -0.1) is 0 Å². The van der Waals surface area contributed by atoms with Crippen molar-refractivity contribution in [2.75, 3.05) is 13.1 Å². The van der Waals surface area contributed by atoms with Gasteiger partial charge in [-0.2, -0.15) is 0 Å². The Kier molecular flexibility index (Phi) is 5.74. The molecule has 0 spiro atoms. The highest BCUT2D eigenvalue weighted by Crippen LogP contribution is 2.11. The van der Waals surface area contributed by atoms with Crippen LogP contribution in [0, 0.1) is 5.82 Å². The Morgan fingerprint density at radius 2 is 2.21 bits per heavy atom. The Morgan fingerprint density at radius 1 is 1.47 bits per heavy atom. The zero-order valence-corrected chi connectivity index (χ0v) is 10.6. The van der Waals surface area contributed by atoms with Crippen LogP contribution in [0.1, 0.15) is 18.1 Å². The fraction of sp³-hybridized carbons (Fsp3) is 0.333. The summed E-state index contributed by atoms with van der Waals surface area (Å²) in [6.07, 6.45) is 0. The molecule has 1 aromatic rings. The standard InChI is InChI=1S/C12H17FN4O2/c1-8(18)16-5-4-15-7-9-2-3-10(13)6-11(9)12(14)17-19/h2-3,6,15,19H,4-5,7H2,1H3,(H2,14,17)(H,16,18). The first kappa shape index (κ1) is 14.9. The maximum Gasteiger partial charge on any atom is 0.216 e. The molecule has 0 atom stereocenters. The third kappa shape index (κ3) is 4.92. The van der Waals surface area contributed by atoms with E-state index in [-0.39, 0.29) is 11.7 Å². The number of carbonyl (C=O) groups is 1. The lowest BCUT2D eigenvalue weighted by Gasteiger charge is -2.10. The van der Waals surface area contributed by atoms with Gasteiger partial charge >= 0.3 is 0 Å². The van der Waals surface area contributed by atoms with Crippen LogP contribution in [0.4, 0.5) is 4.39 Å². The number of benzene rings is 1. The molecule has 0 aliphatic heterocycles. The molecule has 0 aromatic heterocycles. The molecular weight excluding hydrogens is 251 g/mol. The number of amides is 1. The zero-order chi connectivity index (χ0) is 14.3. The van der Waals surface area contributed by atoms with Crippen LogP contribution < -0.4 is 16.4 Å². The van der Waals surface area contributed by atoms with Gasteiger partial charge in [0.1, 0.15) is 5.82 Å². The van der Waals surface area contributed by atoms with Gasteiger partial charge in [-0.3, -0.25) is 4.79 Å². The number of nitrogens with zero attached hydrogens (tertiary/aromatic N) is 1. The molecule has 0 unspecified atom stereocenters. The third-order valence-electron chi connectivity index (χ3n) is 2.45. The van der Waals surface area contributed by atoms with Crippen molar-refractivity contribution in [1.82, 2.24) is 10.6 Å². The van der Waals surface area contributed by atoms with Crippen molar-refractivity contribution in [3.63, 3.8) is 0 Å². The summed E-state index contributed by atoms with van der Waals surface area (Å²) < 4.78 is 13.1. The fourth-order valence-electron chi connectivity index (χ4n) is 1.55. The average molecular weight is 268 g/mol. The van der Waals surface area contributed by atoms with Gasteiger partial charge in [-0.05, 0) is 17.7 Å². The van der Waals surface area contributed by atoms with Crippen molar-refractivity contribution in [2.45, 2.75) is 13.5 Å². The lowest BCUT2D eigenvalue weighted by atomic mass is 10.1. The second kappa shape index (κ2) is 7.32. The molecule has 0 fully saturated rings. The summed E-state index contributed by atoms with van der Waals surface area (Å²) in [7, 11) is 0. The Hall–Kier alpha value is -2.15. The highest BCUT2D eigenvalue weighted by atomic mass is 19.1. The molecule has 19 heavy (non-hydrogen) atoms. The average Bonchev–Trinajstić information content (AvgIpc) is 2.38. The lowest BCUT2D eigenvalue weighted by Crippen LogP contribution is -2.30. The Balaban J connectivity index is 2.60. The molecule has 1 amide bonds. The van der Waals surface area contributed by atoms with E-state index >= 15 is 0 Å². The molecule has 0 heterocycles. The molecule has 1 aromatic carbocycles. The molecule has 6 nitrogen and oxygen atoms in total. The minimum atomic E-state index is -0.455. The summed E-state index contributed by atoms with van der Waals surface area (Å²) in [5, 5.41) is 17.2. The first-order valence-corrected chi connectivity index (χ1v) is 5.76. The first-order valence-electron chi connectivity index (χ1n) is 5.76. The second-order valence-electron chi connectivity index (χ2n) is 3.95. The monoisotopic (exact) mass is 268 g/mol. The van der Waals surface area contributed by atoms with Crippen LogP contribution in [0.15, 0.2) is 23.4 Å². The minimum Gasteiger partial charge on any atom is -0.409 e. The van der Waals surface area contributed by atoms with Crippen molar-refractivity contribution >= 4 is 11.7 Å². The number of carbonyl (C=O) groups excluding carboxylic acids is 1. The highest BCUT2D eigenvalue weighted by Gasteiger charge is 2.08.